The van der Waals surface area contributed by atoms with Crippen molar-refractivity contribution in [2.75, 3.05) is 35.3 Å². The minimum absolute atomic E-state index is 0.802. The van der Waals surface area contributed by atoms with Gasteiger partial charge in [-0.3, -0.25) is 0 Å². The zero-order valence-corrected chi connectivity index (χ0v) is 11.6. The molecule has 1 rings (SSSR count). The molecule has 98 valence electrons. The van der Waals surface area contributed by atoms with Crippen molar-refractivity contribution in [1.82, 2.24) is 10.0 Å². The molecule has 0 aliphatic heterocycles. The summed E-state index contributed by atoms with van der Waals surface area (Å²) in [5.74, 6) is 0.826. The highest BCUT2D eigenvalue weighted by atomic mass is 16.5. The Bertz CT molecular complexity index is 421. The molecule has 0 fully saturated rings. The van der Waals surface area contributed by atoms with Crippen molar-refractivity contribution in [1.29, 1.82) is 0 Å². The van der Waals surface area contributed by atoms with Gasteiger partial charge in [-0.05, 0) is 24.3 Å². The van der Waals surface area contributed by atoms with Gasteiger partial charge in [-0.25, -0.2) is 0 Å². The number of rotatable bonds is 5. The second-order valence-corrected chi connectivity index (χ2v) is 4.15. The first-order valence-corrected chi connectivity index (χ1v) is 5.64. The normalized spacial score (nSPS) is 11.7. The standard InChI is InChI=1S/C13H20N4O/c1-16(2)14-10-13(15-17(3)4)11-6-8-12(18-5)9-7-11/h6-10H,1-5H3/b14-10+,15-13+. The summed E-state index contributed by atoms with van der Waals surface area (Å²) in [6, 6.07) is 7.74. The van der Waals surface area contributed by atoms with Crippen molar-refractivity contribution in [3.8, 4) is 5.75 Å². The van der Waals surface area contributed by atoms with Crippen molar-refractivity contribution in [2.24, 2.45) is 10.2 Å². The lowest BCUT2D eigenvalue weighted by Gasteiger charge is -2.09. The second kappa shape index (κ2) is 6.64. The lowest BCUT2D eigenvalue weighted by atomic mass is 10.1. The highest BCUT2D eigenvalue weighted by molar-refractivity contribution is 6.38. The first kappa shape index (κ1) is 14.0. The fraction of sp³-hybridized carbons (Fsp3) is 0.385. The van der Waals surface area contributed by atoms with E-state index in [0.717, 1.165) is 17.0 Å². The van der Waals surface area contributed by atoms with Gasteiger partial charge in [0.1, 0.15) is 11.5 Å². The predicted octanol–water partition coefficient (Wildman–Crippen LogP) is 1.51. The van der Waals surface area contributed by atoms with Gasteiger partial charge in [0.25, 0.3) is 0 Å². The highest BCUT2D eigenvalue weighted by Crippen LogP contribution is 2.12. The number of hydrogen-bond donors (Lipinski definition) is 0. The summed E-state index contributed by atoms with van der Waals surface area (Å²) in [6.07, 6.45) is 1.74. The average Bonchev–Trinajstić information content (AvgIpc) is 2.34. The Labute approximate surface area is 108 Å². The zero-order valence-electron chi connectivity index (χ0n) is 11.6. The Hall–Kier alpha value is -2.04. The van der Waals surface area contributed by atoms with Crippen LogP contribution >= 0.6 is 0 Å². The van der Waals surface area contributed by atoms with E-state index in [1.807, 2.05) is 52.5 Å². The van der Waals surface area contributed by atoms with Crippen molar-refractivity contribution in [3.05, 3.63) is 29.8 Å². The summed E-state index contributed by atoms with van der Waals surface area (Å²) in [7, 11) is 9.16. The molecular weight excluding hydrogens is 228 g/mol. The molecule has 18 heavy (non-hydrogen) atoms. The van der Waals surface area contributed by atoms with Crippen LogP contribution in [0.4, 0.5) is 0 Å². The lowest BCUT2D eigenvalue weighted by Crippen LogP contribution is -2.13. The number of hydrazone groups is 2. The summed E-state index contributed by atoms with van der Waals surface area (Å²) in [4.78, 5) is 0. The molecule has 0 amide bonds. The molecular formula is C13H20N4O. The first-order chi connectivity index (χ1) is 8.52. The molecule has 0 heterocycles. The monoisotopic (exact) mass is 248 g/mol. The van der Waals surface area contributed by atoms with Crippen LogP contribution in [-0.4, -0.2) is 57.2 Å². The van der Waals surface area contributed by atoms with E-state index in [0.29, 0.717) is 0 Å². The van der Waals surface area contributed by atoms with Crippen LogP contribution in [0.25, 0.3) is 0 Å². The number of hydrogen-bond acceptors (Lipinski definition) is 5. The van der Waals surface area contributed by atoms with Gasteiger partial charge in [0, 0.05) is 33.8 Å². The van der Waals surface area contributed by atoms with E-state index < -0.39 is 0 Å². The Balaban J connectivity index is 3.02. The van der Waals surface area contributed by atoms with Gasteiger partial charge in [0.15, 0.2) is 0 Å². The SMILES string of the molecule is COc1ccc(C(/C=N/N(C)C)=N/N(C)C)cc1. The predicted molar refractivity (Wildman–Crippen MR) is 75.4 cm³/mol. The van der Waals surface area contributed by atoms with E-state index in [1.54, 1.807) is 23.3 Å². The third-order valence-corrected chi connectivity index (χ3v) is 2.10. The second-order valence-electron chi connectivity index (χ2n) is 4.15. The molecule has 1 aromatic carbocycles. The minimum Gasteiger partial charge on any atom is -0.497 e. The maximum Gasteiger partial charge on any atom is 0.118 e. The van der Waals surface area contributed by atoms with Gasteiger partial charge in [-0.2, -0.15) is 10.2 Å². The van der Waals surface area contributed by atoms with Crippen LogP contribution in [0.5, 0.6) is 5.75 Å². The van der Waals surface area contributed by atoms with Gasteiger partial charge in [0.2, 0.25) is 0 Å². The molecule has 0 aromatic heterocycles. The smallest absolute Gasteiger partial charge is 0.118 e. The summed E-state index contributed by atoms with van der Waals surface area (Å²) >= 11 is 0. The molecule has 1 aromatic rings. The van der Waals surface area contributed by atoms with Gasteiger partial charge in [0.05, 0.1) is 13.3 Å². The molecule has 0 unspecified atom stereocenters. The number of nitrogens with zero attached hydrogens (tertiary/aromatic N) is 4. The molecule has 0 atom stereocenters. The quantitative estimate of drug-likeness (QED) is 0.586. The summed E-state index contributed by atoms with van der Waals surface area (Å²) in [5.41, 5.74) is 1.80. The van der Waals surface area contributed by atoms with Gasteiger partial charge in [-0.1, -0.05) is 0 Å². The van der Waals surface area contributed by atoms with Crippen LogP contribution in [0.1, 0.15) is 5.56 Å². The van der Waals surface area contributed by atoms with Crippen LogP contribution < -0.4 is 4.74 Å². The largest absolute Gasteiger partial charge is 0.497 e. The molecule has 5 nitrogen and oxygen atoms in total. The molecule has 0 aliphatic rings. The van der Waals surface area contributed by atoms with Crippen LogP contribution in [0.3, 0.4) is 0 Å². The summed E-state index contributed by atoms with van der Waals surface area (Å²) in [5, 5.41) is 12.1. The van der Waals surface area contributed by atoms with Gasteiger partial charge in [-0.15, -0.1) is 0 Å². The molecule has 0 saturated carbocycles. The fourth-order valence-electron chi connectivity index (χ4n) is 1.31. The van der Waals surface area contributed by atoms with E-state index >= 15 is 0 Å². The van der Waals surface area contributed by atoms with E-state index in [9.17, 15) is 0 Å². The molecule has 0 aliphatic carbocycles. The van der Waals surface area contributed by atoms with E-state index in [4.69, 9.17) is 4.74 Å². The van der Waals surface area contributed by atoms with Gasteiger partial charge >= 0.3 is 0 Å². The first-order valence-electron chi connectivity index (χ1n) is 5.64. The summed E-state index contributed by atoms with van der Waals surface area (Å²) in [6.45, 7) is 0. The Morgan fingerprint density at radius 3 is 2.11 bits per heavy atom. The highest BCUT2D eigenvalue weighted by Gasteiger charge is 2.02. The average molecular weight is 248 g/mol. The van der Waals surface area contributed by atoms with Gasteiger partial charge < -0.3 is 14.8 Å². The topological polar surface area (TPSA) is 40.4 Å². The molecule has 0 N–H and O–H groups in total. The third-order valence-electron chi connectivity index (χ3n) is 2.10. The minimum atomic E-state index is 0.802. The molecule has 0 saturated heterocycles. The fourth-order valence-corrected chi connectivity index (χ4v) is 1.31. The number of methoxy groups -OCH3 is 1. The van der Waals surface area contributed by atoms with Crippen molar-refractivity contribution < 1.29 is 4.74 Å². The van der Waals surface area contributed by atoms with Crippen LogP contribution in [0.15, 0.2) is 34.5 Å². The number of benzene rings is 1. The molecule has 0 radical (unpaired) electrons. The van der Waals surface area contributed by atoms with Crippen LogP contribution in [0, 0.1) is 0 Å². The summed E-state index contributed by atoms with van der Waals surface area (Å²) < 4.78 is 5.14. The molecule has 0 bridgehead atoms. The van der Waals surface area contributed by atoms with E-state index in [-0.39, 0.29) is 0 Å². The Morgan fingerprint density at radius 2 is 1.67 bits per heavy atom. The Morgan fingerprint density at radius 1 is 1.06 bits per heavy atom. The van der Waals surface area contributed by atoms with E-state index in [1.165, 1.54) is 0 Å². The van der Waals surface area contributed by atoms with Crippen molar-refractivity contribution >= 4 is 11.9 Å². The lowest BCUT2D eigenvalue weighted by molar-refractivity contribution is 0.414. The number of ether oxygens (including phenoxy) is 1. The van der Waals surface area contributed by atoms with Crippen molar-refractivity contribution in [2.45, 2.75) is 0 Å². The van der Waals surface area contributed by atoms with Crippen LogP contribution in [0.2, 0.25) is 0 Å². The zero-order chi connectivity index (χ0) is 13.5. The van der Waals surface area contributed by atoms with E-state index in [2.05, 4.69) is 10.2 Å². The molecule has 5 heteroatoms. The Kier molecular flexibility index (Phi) is 5.17. The maximum atomic E-state index is 5.14. The maximum absolute atomic E-state index is 5.14. The molecule has 0 spiro atoms. The van der Waals surface area contributed by atoms with Crippen molar-refractivity contribution in [3.63, 3.8) is 0 Å². The third kappa shape index (κ3) is 4.45. The van der Waals surface area contributed by atoms with Crippen LogP contribution in [-0.2, 0) is 0 Å².